The minimum Gasteiger partial charge on any atom is -0.455 e. The fraction of sp³-hybridized carbons (Fsp3) is 0.233. The molecule has 0 radical (unpaired) electrons. The van der Waals surface area contributed by atoms with E-state index in [1.165, 1.54) is 17.0 Å². The maximum absolute atomic E-state index is 13.5. The maximum atomic E-state index is 13.5. The van der Waals surface area contributed by atoms with Crippen molar-refractivity contribution in [1.29, 1.82) is 0 Å². The van der Waals surface area contributed by atoms with Crippen molar-refractivity contribution in [2.75, 3.05) is 27.7 Å². The Kier molecular flexibility index (Phi) is 6.72. The van der Waals surface area contributed by atoms with Crippen LogP contribution in [0.5, 0.6) is 0 Å². The highest BCUT2D eigenvalue weighted by Gasteiger charge is 2.35. The number of likely N-dealkylation sites (N-methyl/N-ethyl adjacent to an activating group) is 1. The van der Waals surface area contributed by atoms with Gasteiger partial charge in [0.2, 0.25) is 5.91 Å². The van der Waals surface area contributed by atoms with Gasteiger partial charge in [-0.1, -0.05) is 18.2 Å². The molecule has 1 atom stereocenters. The number of halogens is 1. The zero-order valence-electron chi connectivity index (χ0n) is 21.5. The van der Waals surface area contributed by atoms with Crippen molar-refractivity contribution in [3.05, 3.63) is 83.7 Å². The number of hydrogen-bond donors (Lipinski definition) is 1. The van der Waals surface area contributed by atoms with Gasteiger partial charge in [0.15, 0.2) is 0 Å². The Labute approximate surface area is 219 Å². The van der Waals surface area contributed by atoms with Gasteiger partial charge in [0.1, 0.15) is 23.2 Å². The van der Waals surface area contributed by atoms with E-state index in [-0.39, 0.29) is 23.5 Å². The summed E-state index contributed by atoms with van der Waals surface area (Å²) in [4.78, 5) is 42.1. The number of benzene rings is 3. The van der Waals surface area contributed by atoms with E-state index in [0.717, 1.165) is 17.5 Å². The largest absolute Gasteiger partial charge is 0.455 e. The molecular formula is C30H28FN3O4. The van der Waals surface area contributed by atoms with Crippen LogP contribution in [-0.2, 0) is 4.79 Å². The Morgan fingerprint density at radius 1 is 0.974 bits per heavy atom. The molecule has 38 heavy (non-hydrogen) atoms. The summed E-state index contributed by atoms with van der Waals surface area (Å²) >= 11 is 0. The average molecular weight is 514 g/mol. The van der Waals surface area contributed by atoms with Crippen LogP contribution in [0.15, 0.2) is 71.1 Å². The molecule has 0 bridgehead atoms. The highest BCUT2D eigenvalue weighted by molar-refractivity contribution is 6.12. The van der Waals surface area contributed by atoms with Gasteiger partial charge in [0.05, 0.1) is 5.56 Å². The van der Waals surface area contributed by atoms with Crippen molar-refractivity contribution in [1.82, 2.24) is 15.1 Å². The molecule has 1 aliphatic rings. The van der Waals surface area contributed by atoms with Crippen LogP contribution in [0.25, 0.3) is 33.4 Å². The van der Waals surface area contributed by atoms with Crippen molar-refractivity contribution >= 4 is 28.7 Å². The summed E-state index contributed by atoms with van der Waals surface area (Å²) in [6.07, 6.45) is 1.43. The predicted octanol–water partition coefficient (Wildman–Crippen LogP) is 4.96. The molecule has 0 aliphatic carbocycles. The van der Waals surface area contributed by atoms with Gasteiger partial charge in [-0.25, -0.2) is 4.39 Å². The standard InChI is InChI=1S/C30H28FN3O4/c1-32-28(35)26-23-17-20(11-14-25(23)38-27(26)18-9-12-22(31)13-10-18)19-6-4-7-21(16-19)29(36)34-15-5-8-24(34)30(37)33(2)3/h4,6-7,9-14,16-17,24H,5,8,15H2,1-3H3,(H,32,35). The number of rotatable bonds is 5. The molecule has 4 aromatic rings. The first-order chi connectivity index (χ1) is 18.3. The zero-order valence-corrected chi connectivity index (χ0v) is 21.5. The average Bonchev–Trinajstić information content (AvgIpc) is 3.57. The van der Waals surface area contributed by atoms with E-state index in [1.54, 1.807) is 56.4 Å². The van der Waals surface area contributed by atoms with Gasteiger partial charge in [-0.05, 0) is 72.5 Å². The first kappa shape index (κ1) is 25.2. The van der Waals surface area contributed by atoms with Crippen LogP contribution in [0, 0.1) is 5.82 Å². The molecule has 0 spiro atoms. The second-order valence-corrected chi connectivity index (χ2v) is 9.57. The SMILES string of the molecule is CNC(=O)c1c(-c2ccc(F)cc2)oc2ccc(-c3cccc(C(=O)N4CCCC4C(=O)N(C)C)c3)cc12. The molecule has 8 heteroatoms. The van der Waals surface area contributed by atoms with Crippen molar-refractivity contribution < 1.29 is 23.2 Å². The van der Waals surface area contributed by atoms with Crippen LogP contribution in [0.1, 0.15) is 33.6 Å². The molecule has 1 saturated heterocycles. The predicted molar refractivity (Wildman–Crippen MR) is 143 cm³/mol. The second-order valence-electron chi connectivity index (χ2n) is 9.57. The molecular weight excluding hydrogens is 485 g/mol. The van der Waals surface area contributed by atoms with Crippen LogP contribution < -0.4 is 5.32 Å². The fourth-order valence-electron chi connectivity index (χ4n) is 4.99. The monoisotopic (exact) mass is 513 g/mol. The Balaban J connectivity index is 1.53. The third-order valence-electron chi connectivity index (χ3n) is 6.93. The third kappa shape index (κ3) is 4.53. The summed E-state index contributed by atoms with van der Waals surface area (Å²) in [5, 5.41) is 3.27. The number of fused-ring (bicyclic) bond motifs is 1. The summed E-state index contributed by atoms with van der Waals surface area (Å²) in [5.41, 5.74) is 3.53. The van der Waals surface area contributed by atoms with Crippen molar-refractivity contribution in [3.8, 4) is 22.5 Å². The fourth-order valence-corrected chi connectivity index (χ4v) is 4.99. The number of furan rings is 1. The van der Waals surface area contributed by atoms with Gasteiger partial charge >= 0.3 is 0 Å². The lowest BCUT2D eigenvalue weighted by Crippen LogP contribution is -2.45. The summed E-state index contributed by atoms with van der Waals surface area (Å²) < 4.78 is 19.5. The number of nitrogens with one attached hydrogen (secondary N) is 1. The van der Waals surface area contributed by atoms with E-state index in [0.29, 0.717) is 46.4 Å². The van der Waals surface area contributed by atoms with E-state index in [4.69, 9.17) is 4.42 Å². The molecule has 194 valence electrons. The minimum atomic E-state index is -0.455. The second kappa shape index (κ2) is 10.1. The van der Waals surface area contributed by atoms with Gasteiger partial charge in [-0.2, -0.15) is 0 Å². The van der Waals surface area contributed by atoms with Crippen molar-refractivity contribution in [2.45, 2.75) is 18.9 Å². The van der Waals surface area contributed by atoms with Crippen LogP contribution in [0.4, 0.5) is 4.39 Å². The summed E-state index contributed by atoms with van der Waals surface area (Å²) in [6.45, 7) is 0.538. The molecule has 3 amide bonds. The lowest BCUT2D eigenvalue weighted by molar-refractivity contribution is -0.132. The van der Waals surface area contributed by atoms with Gasteiger partial charge in [-0.3, -0.25) is 14.4 Å². The van der Waals surface area contributed by atoms with Gasteiger partial charge < -0.3 is 19.5 Å². The lowest BCUT2D eigenvalue weighted by atomic mass is 9.98. The normalized spacial score (nSPS) is 15.1. The Morgan fingerprint density at radius 2 is 1.68 bits per heavy atom. The number of likely N-dealkylation sites (tertiary alicyclic amines) is 1. The molecule has 1 unspecified atom stereocenters. The maximum Gasteiger partial charge on any atom is 0.255 e. The van der Waals surface area contributed by atoms with Gasteiger partial charge in [-0.15, -0.1) is 0 Å². The first-order valence-electron chi connectivity index (χ1n) is 12.5. The molecule has 5 rings (SSSR count). The molecule has 1 aliphatic heterocycles. The highest BCUT2D eigenvalue weighted by atomic mass is 19.1. The summed E-state index contributed by atoms with van der Waals surface area (Å²) in [6, 6.07) is 18.1. The smallest absolute Gasteiger partial charge is 0.255 e. The lowest BCUT2D eigenvalue weighted by Gasteiger charge is -2.26. The van der Waals surface area contributed by atoms with Crippen LogP contribution in [0.2, 0.25) is 0 Å². The molecule has 1 fully saturated rings. The Hall–Kier alpha value is -4.46. The number of carbonyl (C=O) groups is 3. The van der Waals surface area contributed by atoms with Crippen LogP contribution in [0.3, 0.4) is 0 Å². The van der Waals surface area contributed by atoms with Gasteiger partial charge in [0.25, 0.3) is 11.8 Å². The first-order valence-corrected chi connectivity index (χ1v) is 12.5. The molecule has 7 nitrogen and oxygen atoms in total. The third-order valence-corrected chi connectivity index (χ3v) is 6.93. The van der Waals surface area contributed by atoms with E-state index in [2.05, 4.69) is 5.32 Å². The molecule has 3 aromatic carbocycles. The van der Waals surface area contributed by atoms with E-state index >= 15 is 0 Å². The van der Waals surface area contributed by atoms with Crippen molar-refractivity contribution in [3.63, 3.8) is 0 Å². The Bertz CT molecular complexity index is 1540. The Morgan fingerprint density at radius 3 is 2.39 bits per heavy atom. The van der Waals surface area contributed by atoms with E-state index < -0.39 is 6.04 Å². The molecule has 1 N–H and O–H groups in total. The number of carbonyl (C=O) groups excluding carboxylic acids is 3. The molecule has 1 aromatic heterocycles. The number of hydrogen-bond acceptors (Lipinski definition) is 4. The molecule has 2 heterocycles. The van der Waals surface area contributed by atoms with E-state index in [1.807, 2.05) is 24.3 Å². The quantitative estimate of drug-likeness (QED) is 0.409. The van der Waals surface area contributed by atoms with E-state index in [9.17, 15) is 18.8 Å². The van der Waals surface area contributed by atoms with Gasteiger partial charge in [0, 0.05) is 44.2 Å². The molecule has 0 saturated carbocycles. The minimum absolute atomic E-state index is 0.0731. The van der Waals surface area contributed by atoms with Crippen LogP contribution >= 0.6 is 0 Å². The summed E-state index contributed by atoms with van der Waals surface area (Å²) in [5.74, 6) is -0.607. The van der Waals surface area contributed by atoms with Crippen molar-refractivity contribution in [2.24, 2.45) is 0 Å². The zero-order chi connectivity index (χ0) is 27.0. The highest BCUT2D eigenvalue weighted by Crippen LogP contribution is 2.36. The number of amides is 3. The van der Waals surface area contributed by atoms with Crippen LogP contribution in [-0.4, -0.2) is 61.3 Å². The topological polar surface area (TPSA) is 82.9 Å². The number of nitrogens with zero attached hydrogens (tertiary/aromatic N) is 2. The summed E-state index contributed by atoms with van der Waals surface area (Å²) in [7, 11) is 4.94.